The summed E-state index contributed by atoms with van der Waals surface area (Å²) < 4.78 is 0. The lowest BCUT2D eigenvalue weighted by Gasteiger charge is -2.32. The van der Waals surface area contributed by atoms with Crippen molar-refractivity contribution < 1.29 is 0 Å². The fraction of sp³-hybridized carbons (Fsp3) is 0.583. The Hall–Kier alpha value is -1.52. The molecule has 0 aromatic heterocycles. The second kappa shape index (κ2) is 11.2. The molecule has 0 radical (unpaired) electrons. The van der Waals surface area contributed by atoms with E-state index in [0.29, 0.717) is 5.92 Å². The number of hydrogen-bond acceptors (Lipinski definition) is 1. The van der Waals surface area contributed by atoms with Crippen molar-refractivity contribution in [1.29, 1.82) is 0 Å². The van der Waals surface area contributed by atoms with Crippen LogP contribution in [-0.4, -0.2) is 24.5 Å². The summed E-state index contributed by atoms with van der Waals surface area (Å²) in [5.74, 6) is 8.00. The molecule has 1 aromatic carbocycles. The normalized spacial score (nSPS) is 16.3. The predicted octanol–water partition coefficient (Wildman–Crippen LogP) is 6.03. The van der Waals surface area contributed by atoms with Crippen molar-refractivity contribution in [3.8, 4) is 11.8 Å². The van der Waals surface area contributed by atoms with Crippen LogP contribution in [0.5, 0.6) is 0 Å². The number of hydrogen-bond donors (Lipinski definition) is 0. The van der Waals surface area contributed by atoms with E-state index in [0.717, 1.165) is 38.4 Å². The summed E-state index contributed by atoms with van der Waals surface area (Å²) in [6.07, 6.45) is 8.84. The highest BCUT2D eigenvalue weighted by Gasteiger charge is 2.26. The lowest BCUT2D eigenvalue weighted by molar-refractivity contribution is 0.322. The minimum atomic E-state index is 0.520. The SMILES string of the molecule is C=C(CCC#CCN(CC)CC)C(c1ccccc1)C1CCCCC1. The second-order valence-electron chi connectivity index (χ2n) is 7.26. The van der Waals surface area contributed by atoms with Gasteiger partial charge >= 0.3 is 0 Å². The van der Waals surface area contributed by atoms with Crippen molar-refractivity contribution in [1.82, 2.24) is 4.90 Å². The van der Waals surface area contributed by atoms with Crippen LogP contribution in [0.3, 0.4) is 0 Å². The molecular weight excluding hydrogens is 302 g/mol. The minimum Gasteiger partial charge on any atom is -0.293 e. The van der Waals surface area contributed by atoms with Crippen LogP contribution in [0.25, 0.3) is 0 Å². The van der Waals surface area contributed by atoms with Crippen LogP contribution in [0.15, 0.2) is 42.5 Å². The Bertz CT molecular complexity index is 553. The highest BCUT2D eigenvalue weighted by molar-refractivity contribution is 5.29. The summed E-state index contributed by atoms with van der Waals surface area (Å²) in [5.41, 5.74) is 2.84. The van der Waals surface area contributed by atoms with Gasteiger partial charge in [0.25, 0.3) is 0 Å². The first-order chi connectivity index (χ1) is 12.3. The van der Waals surface area contributed by atoms with E-state index in [1.165, 1.54) is 43.2 Å². The summed E-state index contributed by atoms with van der Waals surface area (Å²) >= 11 is 0. The third-order valence-electron chi connectivity index (χ3n) is 5.61. The van der Waals surface area contributed by atoms with E-state index in [1.807, 2.05) is 0 Å². The summed E-state index contributed by atoms with van der Waals surface area (Å²) in [6.45, 7) is 11.9. The zero-order chi connectivity index (χ0) is 17.9. The van der Waals surface area contributed by atoms with Crippen LogP contribution < -0.4 is 0 Å². The van der Waals surface area contributed by atoms with Gasteiger partial charge < -0.3 is 0 Å². The summed E-state index contributed by atoms with van der Waals surface area (Å²) in [5, 5.41) is 0. The molecule has 1 heteroatoms. The largest absolute Gasteiger partial charge is 0.293 e. The molecule has 0 saturated heterocycles. The molecule has 1 saturated carbocycles. The van der Waals surface area contributed by atoms with Gasteiger partial charge in [-0.05, 0) is 43.8 Å². The van der Waals surface area contributed by atoms with Gasteiger partial charge in [0.2, 0.25) is 0 Å². The average molecular weight is 338 g/mol. The van der Waals surface area contributed by atoms with Crippen LogP contribution in [0.4, 0.5) is 0 Å². The number of nitrogens with zero attached hydrogens (tertiary/aromatic N) is 1. The van der Waals surface area contributed by atoms with Gasteiger partial charge in [-0.1, -0.05) is 81.5 Å². The van der Waals surface area contributed by atoms with Crippen molar-refractivity contribution in [2.24, 2.45) is 5.92 Å². The monoisotopic (exact) mass is 337 g/mol. The molecule has 1 aliphatic rings. The van der Waals surface area contributed by atoms with Crippen molar-refractivity contribution in [3.05, 3.63) is 48.0 Å². The maximum absolute atomic E-state index is 4.49. The minimum absolute atomic E-state index is 0.520. The third kappa shape index (κ3) is 6.37. The quantitative estimate of drug-likeness (QED) is 0.413. The zero-order valence-corrected chi connectivity index (χ0v) is 16.3. The smallest absolute Gasteiger partial charge is 0.0601 e. The first kappa shape index (κ1) is 19.8. The Kier molecular flexibility index (Phi) is 8.84. The number of allylic oxidation sites excluding steroid dienone is 1. The van der Waals surface area contributed by atoms with Crippen LogP contribution in [0.1, 0.15) is 70.3 Å². The molecule has 0 amide bonds. The van der Waals surface area contributed by atoms with Gasteiger partial charge in [0, 0.05) is 12.3 Å². The standard InChI is InChI=1S/C24H35N/c1-4-25(5-2)20-14-8-9-15-21(3)24(22-16-10-6-11-17-22)23-18-12-7-13-19-23/h6,10-11,16-17,23-24H,3-5,7,9,12-13,15,18-20H2,1-2H3. The fourth-order valence-electron chi connectivity index (χ4n) is 4.05. The van der Waals surface area contributed by atoms with Crippen LogP contribution >= 0.6 is 0 Å². The number of benzene rings is 1. The van der Waals surface area contributed by atoms with Gasteiger partial charge in [-0.25, -0.2) is 0 Å². The Labute approximate surface area is 155 Å². The first-order valence-corrected chi connectivity index (χ1v) is 10.2. The topological polar surface area (TPSA) is 3.24 Å². The van der Waals surface area contributed by atoms with Gasteiger partial charge in [-0.3, -0.25) is 4.90 Å². The summed E-state index contributed by atoms with van der Waals surface area (Å²) in [7, 11) is 0. The Morgan fingerprint density at radius 3 is 2.40 bits per heavy atom. The van der Waals surface area contributed by atoms with Crippen molar-refractivity contribution >= 4 is 0 Å². The van der Waals surface area contributed by atoms with Crippen LogP contribution in [0.2, 0.25) is 0 Å². The summed E-state index contributed by atoms with van der Waals surface area (Å²) in [4.78, 5) is 2.36. The van der Waals surface area contributed by atoms with Crippen molar-refractivity contribution in [2.45, 2.75) is 64.7 Å². The van der Waals surface area contributed by atoms with Gasteiger partial charge in [0.15, 0.2) is 0 Å². The van der Waals surface area contributed by atoms with E-state index in [4.69, 9.17) is 0 Å². The van der Waals surface area contributed by atoms with Crippen LogP contribution in [0, 0.1) is 17.8 Å². The van der Waals surface area contributed by atoms with Crippen LogP contribution in [-0.2, 0) is 0 Å². The summed E-state index contributed by atoms with van der Waals surface area (Å²) in [6, 6.07) is 11.0. The Balaban J connectivity index is 1.95. The van der Waals surface area contributed by atoms with E-state index >= 15 is 0 Å². The van der Waals surface area contributed by atoms with Crippen molar-refractivity contribution in [3.63, 3.8) is 0 Å². The highest BCUT2D eigenvalue weighted by atomic mass is 15.1. The highest BCUT2D eigenvalue weighted by Crippen LogP contribution is 2.41. The fourth-order valence-corrected chi connectivity index (χ4v) is 4.05. The Morgan fingerprint density at radius 1 is 1.08 bits per heavy atom. The van der Waals surface area contributed by atoms with E-state index in [1.54, 1.807) is 0 Å². The molecular formula is C24H35N. The molecule has 1 fully saturated rings. The average Bonchev–Trinajstić information content (AvgIpc) is 2.66. The lowest BCUT2D eigenvalue weighted by atomic mass is 9.73. The molecule has 0 N–H and O–H groups in total. The molecule has 136 valence electrons. The van der Waals surface area contributed by atoms with Gasteiger partial charge in [0.05, 0.1) is 6.54 Å². The van der Waals surface area contributed by atoms with E-state index < -0.39 is 0 Å². The molecule has 25 heavy (non-hydrogen) atoms. The zero-order valence-electron chi connectivity index (χ0n) is 16.3. The Morgan fingerprint density at radius 2 is 1.76 bits per heavy atom. The molecule has 0 spiro atoms. The maximum Gasteiger partial charge on any atom is 0.0601 e. The molecule has 0 heterocycles. The van der Waals surface area contributed by atoms with E-state index in [9.17, 15) is 0 Å². The van der Waals surface area contributed by atoms with Gasteiger partial charge in [-0.15, -0.1) is 5.92 Å². The number of rotatable bonds is 8. The van der Waals surface area contributed by atoms with Gasteiger partial charge in [-0.2, -0.15) is 0 Å². The molecule has 0 bridgehead atoms. The molecule has 1 aromatic rings. The lowest BCUT2D eigenvalue weighted by Crippen LogP contribution is -2.22. The molecule has 1 unspecified atom stereocenters. The second-order valence-corrected chi connectivity index (χ2v) is 7.26. The van der Waals surface area contributed by atoms with E-state index in [2.05, 4.69) is 67.5 Å². The molecule has 2 rings (SSSR count). The third-order valence-corrected chi connectivity index (χ3v) is 5.61. The molecule has 1 atom stereocenters. The molecule has 1 aliphatic carbocycles. The van der Waals surface area contributed by atoms with Gasteiger partial charge in [0.1, 0.15) is 0 Å². The molecule has 0 aliphatic heterocycles. The van der Waals surface area contributed by atoms with Crippen molar-refractivity contribution in [2.75, 3.05) is 19.6 Å². The van der Waals surface area contributed by atoms with E-state index in [-0.39, 0.29) is 0 Å². The molecule has 1 nitrogen and oxygen atoms in total. The first-order valence-electron chi connectivity index (χ1n) is 10.2. The predicted molar refractivity (Wildman–Crippen MR) is 110 cm³/mol. The maximum atomic E-state index is 4.49.